The van der Waals surface area contributed by atoms with Crippen molar-refractivity contribution in [3.63, 3.8) is 0 Å². The van der Waals surface area contributed by atoms with Crippen molar-refractivity contribution in [1.82, 2.24) is 0 Å². The molecule has 1 heterocycles. The second-order valence-electron chi connectivity index (χ2n) is 7.65. The number of nitrogens with zero attached hydrogens (tertiary/aromatic N) is 1. The van der Waals surface area contributed by atoms with Crippen LogP contribution in [0.4, 0.5) is 11.4 Å². The van der Waals surface area contributed by atoms with Crippen LogP contribution in [0.15, 0.2) is 66.7 Å². The fraction of sp³-hybridized carbons (Fsp3) is 0.200. The van der Waals surface area contributed by atoms with E-state index >= 15 is 0 Å². The van der Waals surface area contributed by atoms with E-state index < -0.39 is 5.97 Å². The summed E-state index contributed by atoms with van der Waals surface area (Å²) in [6.45, 7) is 2.31. The van der Waals surface area contributed by atoms with E-state index in [2.05, 4.69) is 10.2 Å². The highest BCUT2D eigenvalue weighted by molar-refractivity contribution is 6.04. The van der Waals surface area contributed by atoms with E-state index in [0.717, 1.165) is 11.4 Å². The summed E-state index contributed by atoms with van der Waals surface area (Å²) >= 11 is 0. The topological polar surface area (TPSA) is 97.3 Å². The minimum Gasteiger partial charge on any atom is -0.504 e. The largest absolute Gasteiger partial charge is 0.504 e. The Bertz CT molecular complexity index is 1160. The fourth-order valence-corrected chi connectivity index (χ4v) is 3.50. The zero-order valence-electron chi connectivity index (χ0n) is 18.3. The smallest absolute Gasteiger partial charge is 0.308 e. The molecule has 0 aromatic heterocycles. The van der Waals surface area contributed by atoms with Crippen molar-refractivity contribution in [3.8, 4) is 23.0 Å². The molecule has 4 rings (SSSR count). The van der Waals surface area contributed by atoms with E-state index in [9.17, 15) is 14.7 Å². The summed E-state index contributed by atoms with van der Waals surface area (Å²) in [5.41, 5.74) is 1.86. The third-order valence-electron chi connectivity index (χ3n) is 5.07. The van der Waals surface area contributed by atoms with E-state index in [1.54, 1.807) is 24.3 Å². The zero-order valence-corrected chi connectivity index (χ0v) is 18.3. The molecule has 8 nitrogen and oxygen atoms in total. The lowest BCUT2D eigenvalue weighted by Gasteiger charge is -2.33. The molecule has 3 aromatic rings. The van der Waals surface area contributed by atoms with Crippen molar-refractivity contribution in [2.75, 3.05) is 30.4 Å². The van der Waals surface area contributed by atoms with Gasteiger partial charge in [-0.3, -0.25) is 9.59 Å². The molecule has 0 radical (unpaired) electrons. The van der Waals surface area contributed by atoms with Crippen LogP contribution >= 0.6 is 0 Å². The van der Waals surface area contributed by atoms with Crippen molar-refractivity contribution in [2.45, 2.75) is 13.0 Å². The van der Waals surface area contributed by atoms with Gasteiger partial charge in [0.1, 0.15) is 24.2 Å². The molecule has 0 saturated carbocycles. The number of rotatable bonds is 6. The molecule has 1 atom stereocenters. The first-order chi connectivity index (χ1) is 15.9. The maximum absolute atomic E-state index is 12.6. The number of phenolic OH excluding ortho intramolecular Hbond substituents is 1. The van der Waals surface area contributed by atoms with Gasteiger partial charge in [-0.15, -0.1) is 0 Å². The molecule has 0 spiro atoms. The van der Waals surface area contributed by atoms with Crippen LogP contribution in [0.1, 0.15) is 17.3 Å². The Morgan fingerprint density at radius 1 is 1.12 bits per heavy atom. The number of phenols is 1. The minimum atomic E-state index is -0.571. The average molecular weight is 448 g/mol. The zero-order chi connectivity index (χ0) is 23.4. The van der Waals surface area contributed by atoms with E-state index in [1.807, 2.05) is 31.3 Å². The third-order valence-corrected chi connectivity index (χ3v) is 5.07. The third kappa shape index (κ3) is 5.35. The molecular weight excluding hydrogens is 424 g/mol. The number of aromatic hydroxyl groups is 1. The molecule has 1 aliphatic heterocycles. The van der Waals surface area contributed by atoms with Gasteiger partial charge in [0.2, 0.25) is 0 Å². The summed E-state index contributed by atoms with van der Waals surface area (Å²) in [6.07, 6.45) is -0.117. The molecule has 170 valence electrons. The molecule has 0 saturated heterocycles. The van der Waals surface area contributed by atoms with Crippen molar-refractivity contribution in [3.05, 3.63) is 72.3 Å². The number of hydrogen-bond donors (Lipinski definition) is 2. The maximum atomic E-state index is 12.6. The van der Waals surface area contributed by atoms with Crippen LogP contribution in [0.2, 0.25) is 0 Å². The van der Waals surface area contributed by atoms with Crippen LogP contribution in [-0.2, 0) is 4.79 Å². The Balaban J connectivity index is 1.34. The summed E-state index contributed by atoms with van der Waals surface area (Å²) in [7, 11) is 2.02. The average Bonchev–Trinajstić information content (AvgIpc) is 2.80. The Morgan fingerprint density at radius 2 is 1.88 bits per heavy atom. The molecule has 0 aliphatic carbocycles. The normalized spacial score (nSPS) is 14.6. The van der Waals surface area contributed by atoms with Gasteiger partial charge in [-0.1, -0.05) is 12.1 Å². The highest BCUT2D eigenvalue weighted by Gasteiger charge is 2.23. The van der Waals surface area contributed by atoms with Crippen molar-refractivity contribution in [1.29, 1.82) is 0 Å². The molecule has 2 N–H and O–H groups in total. The molecule has 0 unspecified atom stereocenters. The van der Waals surface area contributed by atoms with Crippen molar-refractivity contribution in [2.24, 2.45) is 0 Å². The number of nitrogens with one attached hydrogen (secondary N) is 1. The van der Waals surface area contributed by atoms with Gasteiger partial charge < -0.3 is 29.5 Å². The van der Waals surface area contributed by atoms with Crippen LogP contribution in [0.5, 0.6) is 23.0 Å². The molecule has 33 heavy (non-hydrogen) atoms. The number of amides is 1. The SMILES string of the molecule is CC(=O)Oc1cc(NC(=O)c2ccc(OC[C@@H]3CN(C)c4ccccc4O3)cc2)ccc1O. The first-order valence-electron chi connectivity index (χ1n) is 10.4. The number of fused-ring (bicyclic) bond motifs is 1. The lowest BCUT2D eigenvalue weighted by atomic mass is 10.2. The number of likely N-dealkylation sites (N-methyl/N-ethyl adjacent to an activating group) is 1. The summed E-state index contributed by atoms with van der Waals surface area (Å²) in [5, 5.41) is 12.5. The summed E-state index contributed by atoms with van der Waals surface area (Å²) in [6, 6.07) is 18.9. The molecule has 1 amide bonds. The molecule has 3 aromatic carbocycles. The van der Waals surface area contributed by atoms with Gasteiger partial charge in [-0.05, 0) is 48.5 Å². The summed E-state index contributed by atoms with van der Waals surface area (Å²) in [5.74, 6) is 0.314. The minimum absolute atomic E-state index is 0.0257. The van der Waals surface area contributed by atoms with Gasteiger partial charge in [0, 0.05) is 31.3 Å². The first-order valence-corrected chi connectivity index (χ1v) is 10.4. The van der Waals surface area contributed by atoms with Crippen molar-refractivity contribution < 1.29 is 28.9 Å². The molecule has 8 heteroatoms. The lowest BCUT2D eigenvalue weighted by Crippen LogP contribution is -2.41. The number of carbonyl (C=O) groups excluding carboxylic acids is 2. The number of carbonyl (C=O) groups is 2. The summed E-state index contributed by atoms with van der Waals surface area (Å²) < 4.78 is 16.8. The van der Waals surface area contributed by atoms with E-state index in [-0.39, 0.29) is 23.5 Å². The number of ether oxygens (including phenoxy) is 3. The predicted molar refractivity (Wildman–Crippen MR) is 123 cm³/mol. The highest BCUT2D eigenvalue weighted by Crippen LogP contribution is 2.32. The molecule has 0 bridgehead atoms. The Labute approximate surface area is 191 Å². The first kappa shape index (κ1) is 22.0. The lowest BCUT2D eigenvalue weighted by molar-refractivity contribution is -0.132. The van der Waals surface area contributed by atoms with E-state index in [1.165, 1.54) is 25.1 Å². The number of hydrogen-bond acceptors (Lipinski definition) is 7. The van der Waals surface area contributed by atoms with Crippen LogP contribution < -0.4 is 24.4 Å². The predicted octanol–water partition coefficient (Wildman–Crippen LogP) is 3.85. The summed E-state index contributed by atoms with van der Waals surface area (Å²) in [4.78, 5) is 25.8. The van der Waals surface area contributed by atoms with Crippen LogP contribution in [0.25, 0.3) is 0 Å². The maximum Gasteiger partial charge on any atom is 0.308 e. The Morgan fingerprint density at radius 3 is 2.64 bits per heavy atom. The van der Waals surface area contributed by atoms with Gasteiger partial charge in [0.25, 0.3) is 5.91 Å². The molecular formula is C25H24N2O6. The molecule has 1 aliphatic rings. The second kappa shape index (κ2) is 9.52. The number of anilines is 2. The van der Waals surface area contributed by atoms with Gasteiger partial charge in [-0.25, -0.2) is 0 Å². The van der Waals surface area contributed by atoms with Crippen LogP contribution in [0.3, 0.4) is 0 Å². The quantitative estimate of drug-likeness (QED) is 0.336. The van der Waals surface area contributed by atoms with Crippen LogP contribution in [-0.4, -0.2) is 43.3 Å². The number of esters is 1. The van der Waals surface area contributed by atoms with Gasteiger partial charge >= 0.3 is 5.97 Å². The van der Waals surface area contributed by atoms with Gasteiger partial charge in [0.05, 0.1) is 12.2 Å². The Hall–Kier alpha value is -4.20. The van der Waals surface area contributed by atoms with Crippen molar-refractivity contribution >= 4 is 23.3 Å². The fourth-order valence-electron chi connectivity index (χ4n) is 3.50. The van der Waals surface area contributed by atoms with E-state index in [0.29, 0.717) is 30.2 Å². The van der Waals surface area contributed by atoms with E-state index in [4.69, 9.17) is 14.2 Å². The second-order valence-corrected chi connectivity index (χ2v) is 7.65. The Kier molecular flexibility index (Phi) is 6.35. The number of para-hydroxylation sites is 2. The monoisotopic (exact) mass is 448 g/mol. The van der Waals surface area contributed by atoms with Crippen LogP contribution in [0, 0.1) is 0 Å². The van der Waals surface area contributed by atoms with Gasteiger partial charge in [0.15, 0.2) is 11.5 Å². The molecule has 0 fully saturated rings. The number of benzene rings is 3. The van der Waals surface area contributed by atoms with Gasteiger partial charge in [-0.2, -0.15) is 0 Å². The standard InChI is InChI=1S/C25H24N2O6/c1-16(28)32-24-13-18(9-12-22(24)29)26-25(30)17-7-10-19(11-8-17)31-15-20-14-27(2)21-5-3-4-6-23(21)33-20/h3-13,20,29H,14-15H2,1-2H3,(H,26,30)/t20-/m0/s1. The highest BCUT2D eigenvalue weighted by atomic mass is 16.5.